The van der Waals surface area contributed by atoms with Gasteiger partial charge in [0.15, 0.2) is 16.3 Å². The average molecular weight is 385 g/mol. The van der Waals surface area contributed by atoms with Crippen LogP contribution in [-0.4, -0.2) is 23.8 Å². The Morgan fingerprint density at radius 2 is 1.95 bits per heavy atom. The highest BCUT2D eigenvalue weighted by atomic mass is 79.9. The third-order valence-electron chi connectivity index (χ3n) is 3.22. The van der Waals surface area contributed by atoms with Gasteiger partial charge in [-0.25, -0.2) is 0 Å². The Bertz CT molecular complexity index is 850. The predicted molar refractivity (Wildman–Crippen MR) is 91.3 cm³/mol. The summed E-state index contributed by atoms with van der Waals surface area (Å²) in [5.41, 5.74) is 1.94. The summed E-state index contributed by atoms with van der Waals surface area (Å²) in [4.78, 5) is 4.45. The van der Waals surface area contributed by atoms with Gasteiger partial charge in [0.25, 0.3) is 0 Å². The van der Waals surface area contributed by atoms with E-state index in [-0.39, 0.29) is 0 Å². The number of rotatable bonds is 4. The van der Waals surface area contributed by atoms with E-state index < -0.39 is 0 Å². The minimum atomic E-state index is 0.685. The van der Waals surface area contributed by atoms with Gasteiger partial charge in [0, 0.05) is 26.9 Å². The highest BCUT2D eigenvalue weighted by Crippen LogP contribution is 2.32. The Kier molecular flexibility index (Phi) is 4.05. The SMILES string of the molecule is COc1cc2[nH]c(=S)n(Cc3cc(Br)cs3)c2cc1OC. The largest absolute Gasteiger partial charge is 0.493 e. The number of benzene rings is 1. The van der Waals surface area contributed by atoms with E-state index in [1.54, 1.807) is 25.6 Å². The number of nitrogens with zero attached hydrogens (tertiary/aromatic N) is 1. The molecule has 21 heavy (non-hydrogen) atoms. The molecule has 2 heterocycles. The minimum absolute atomic E-state index is 0.685. The quantitative estimate of drug-likeness (QED) is 0.668. The van der Waals surface area contributed by atoms with Gasteiger partial charge in [0.2, 0.25) is 0 Å². The maximum absolute atomic E-state index is 5.44. The molecule has 7 heteroatoms. The van der Waals surface area contributed by atoms with Crippen molar-refractivity contribution in [2.45, 2.75) is 6.54 Å². The van der Waals surface area contributed by atoms with Gasteiger partial charge in [0.05, 0.1) is 31.8 Å². The molecular formula is C14H13BrN2O2S2. The molecule has 0 amide bonds. The molecule has 0 fully saturated rings. The normalized spacial score (nSPS) is 11.0. The maximum Gasteiger partial charge on any atom is 0.178 e. The maximum atomic E-state index is 5.44. The number of nitrogens with one attached hydrogen (secondary N) is 1. The van der Waals surface area contributed by atoms with Crippen molar-refractivity contribution in [2.75, 3.05) is 14.2 Å². The summed E-state index contributed by atoms with van der Waals surface area (Å²) < 4.78 is 14.5. The second-order valence-electron chi connectivity index (χ2n) is 4.47. The fourth-order valence-electron chi connectivity index (χ4n) is 2.23. The summed E-state index contributed by atoms with van der Waals surface area (Å²) in [5.74, 6) is 1.38. The number of imidazole rings is 1. The minimum Gasteiger partial charge on any atom is -0.493 e. The number of H-pyrrole nitrogens is 1. The molecule has 0 aliphatic rings. The van der Waals surface area contributed by atoms with Gasteiger partial charge in [-0.3, -0.25) is 0 Å². The highest BCUT2D eigenvalue weighted by Gasteiger charge is 2.12. The molecule has 0 radical (unpaired) electrons. The van der Waals surface area contributed by atoms with Crippen molar-refractivity contribution in [1.29, 1.82) is 0 Å². The molecule has 0 aliphatic carbocycles. The van der Waals surface area contributed by atoms with Crippen LogP contribution in [-0.2, 0) is 6.54 Å². The van der Waals surface area contributed by atoms with E-state index >= 15 is 0 Å². The standard InChI is InChI=1S/C14H13BrN2O2S2/c1-18-12-4-10-11(5-13(12)19-2)17(14(20)16-10)6-9-3-8(15)7-21-9/h3-5,7H,6H2,1-2H3,(H,16,20). The summed E-state index contributed by atoms with van der Waals surface area (Å²) >= 11 is 10.6. The summed E-state index contributed by atoms with van der Waals surface area (Å²) in [7, 11) is 3.25. The Morgan fingerprint density at radius 1 is 1.24 bits per heavy atom. The van der Waals surface area contributed by atoms with E-state index in [9.17, 15) is 0 Å². The summed E-state index contributed by atoms with van der Waals surface area (Å²) in [5, 5.41) is 2.07. The number of aromatic amines is 1. The summed E-state index contributed by atoms with van der Waals surface area (Å²) in [6, 6.07) is 5.96. The van der Waals surface area contributed by atoms with Gasteiger partial charge >= 0.3 is 0 Å². The number of fused-ring (bicyclic) bond motifs is 1. The first-order valence-electron chi connectivity index (χ1n) is 6.20. The average Bonchev–Trinajstić information content (AvgIpc) is 3.02. The Morgan fingerprint density at radius 3 is 2.57 bits per heavy atom. The second-order valence-corrected chi connectivity index (χ2v) is 6.77. The Hall–Kier alpha value is -1.31. The fourth-order valence-corrected chi connectivity index (χ4v) is 3.95. The Balaban J connectivity index is 2.13. The van der Waals surface area contributed by atoms with Crippen molar-refractivity contribution in [3.8, 4) is 11.5 Å². The number of thiophene rings is 1. The number of ether oxygens (including phenoxy) is 2. The van der Waals surface area contributed by atoms with Crippen LogP contribution in [0.15, 0.2) is 28.1 Å². The molecule has 4 nitrogen and oxygen atoms in total. The van der Waals surface area contributed by atoms with Crippen molar-refractivity contribution < 1.29 is 9.47 Å². The van der Waals surface area contributed by atoms with Gasteiger partial charge in [0.1, 0.15) is 0 Å². The van der Waals surface area contributed by atoms with E-state index in [0.717, 1.165) is 22.1 Å². The van der Waals surface area contributed by atoms with Crippen LogP contribution in [0.2, 0.25) is 0 Å². The van der Waals surface area contributed by atoms with Crippen molar-refractivity contribution in [2.24, 2.45) is 0 Å². The van der Waals surface area contributed by atoms with E-state index in [1.807, 2.05) is 12.1 Å². The molecule has 0 unspecified atom stereocenters. The first-order valence-corrected chi connectivity index (χ1v) is 8.28. The van der Waals surface area contributed by atoms with Crippen LogP contribution in [0.3, 0.4) is 0 Å². The lowest BCUT2D eigenvalue weighted by atomic mass is 10.2. The molecule has 1 N–H and O–H groups in total. The van der Waals surface area contributed by atoms with Crippen molar-refractivity contribution in [1.82, 2.24) is 9.55 Å². The third kappa shape index (κ3) is 2.73. The van der Waals surface area contributed by atoms with Crippen LogP contribution in [0.1, 0.15) is 4.88 Å². The molecule has 0 saturated heterocycles. The highest BCUT2D eigenvalue weighted by molar-refractivity contribution is 9.10. The van der Waals surface area contributed by atoms with Crippen LogP contribution in [0.4, 0.5) is 0 Å². The number of hydrogen-bond donors (Lipinski definition) is 1. The molecule has 0 saturated carbocycles. The predicted octanol–water partition coefficient (Wildman–Crippen LogP) is 4.59. The van der Waals surface area contributed by atoms with Crippen LogP contribution in [0.25, 0.3) is 11.0 Å². The topological polar surface area (TPSA) is 39.2 Å². The van der Waals surface area contributed by atoms with Gasteiger partial charge in [-0.1, -0.05) is 0 Å². The first-order chi connectivity index (χ1) is 10.1. The number of halogens is 1. The zero-order valence-corrected chi connectivity index (χ0v) is 14.7. The molecule has 0 bridgehead atoms. The van der Waals surface area contributed by atoms with Gasteiger partial charge in [-0.2, -0.15) is 0 Å². The molecular weight excluding hydrogens is 372 g/mol. The zero-order valence-electron chi connectivity index (χ0n) is 11.5. The van der Waals surface area contributed by atoms with Crippen LogP contribution in [0, 0.1) is 4.77 Å². The van der Waals surface area contributed by atoms with Gasteiger partial charge < -0.3 is 19.0 Å². The second kappa shape index (κ2) is 5.82. The molecule has 3 aromatic rings. The third-order valence-corrected chi connectivity index (χ3v) is 5.22. The molecule has 0 aliphatic heterocycles. The number of hydrogen-bond acceptors (Lipinski definition) is 4. The van der Waals surface area contributed by atoms with Crippen molar-refractivity contribution in [3.63, 3.8) is 0 Å². The summed E-state index contributed by atoms with van der Waals surface area (Å²) in [6.07, 6.45) is 0. The molecule has 1 aromatic carbocycles. The summed E-state index contributed by atoms with van der Waals surface area (Å²) in [6.45, 7) is 0.727. The van der Waals surface area contributed by atoms with E-state index in [4.69, 9.17) is 21.7 Å². The van der Waals surface area contributed by atoms with E-state index in [0.29, 0.717) is 16.3 Å². The van der Waals surface area contributed by atoms with Crippen molar-refractivity contribution >= 4 is 50.5 Å². The molecule has 110 valence electrons. The van der Waals surface area contributed by atoms with Gasteiger partial charge in [-0.05, 0) is 34.2 Å². The van der Waals surface area contributed by atoms with Gasteiger partial charge in [-0.15, -0.1) is 11.3 Å². The molecule has 0 spiro atoms. The zero-order chi connectivity index (χ0) is 15.0. The lowest BCUT2D eigenvalue weighted by molar-refractivity contribution is 0.355. The molecule has 0 atom stereocenters. The fraction of sp³-hybridized carbons (Fsp3) is 0.214. The number of aromatic nitrogens is 2. The monoisotopic (exact) mass is 384 g/mol. The Labute approximate surface area is 139 Å². The lowest BCUT2D eigenvalue weighted by Crippen LogP contribution is -1.98. The smallest absolute Gasteiger partial charge is 0.178 e. The van der Waals surface area contributed by atoms with Crippen LogP contribution < -0.4 is 9.47 Å². The lowest BCUT2D eigenvalue weighted by Gasteiger charge is -2.08. The van der Waals surface area contributed by atoms with Crippen LogP contribution >= 0.6 is 39.5 Å². The van der Waals surface area contributed by atoms with E-state index in [2.05, 4.69) is 36.9 Å². The van der Waals surface area contributed by atoms with Crippen LogP contribution in [0.5, 0.6) is 11.5 Å². The van der Waals surface area contributed by atoms with Crippen molar-refractivity contribution in [3.05, 3.63) is 37.7 Å². The molecule has 3 rings (SSSR count). The van der Waals surface area contributed by atoms with E-state index in [1.165, 1.54) is 4.88 Å². The first kappa shape index (κ1) is 14.6. The number of methoxy groups -OCH3 is 2. The molecule has 2 aromatic heterocycles.